The van der Waals surface area contributed by atoms with Crippen LogP contribution < -0.4 is 14.8 Å². The van der Waals surface area contributed by atoms with E-state index in [0.29, 0.717) is 40.1 Å². The molecule has 3 aromatic carbocycles. The van der Waals surface area contributed by atoms with Gasteiger partial charge in [-0.3, -0.25) is 4.79 Å². The molecule has 1 N–H and O–H groups in total. The molecule has 0 radical (unpaired) electrons. The third-order valence-electron chi connectivity index (χ3n) is 4.19. The zero-order valence-electron chi connectivity index (χ0n) is 14.5. The Morgan fingerprint density at radius 1 is 1.04 bits per heavy atom. The Balaban J connectivity index is 1.57. The maximum atomic E-state index is 12.7. The average Bonchev–Trinajstić information content (AvgIpc) is 2.87. The largest absolute Gasteiger partial charge is 0.485 e. The minimum Gasteiger partial charge on any atom is -0.485 e. The van der Waals surface area contributed by atoms with Gasteiger partial charge in [0.05, 0.1) is 10.6 Å². The highest BCUT2D eigenvalue weighted by Gasteiger charge is 2.17. The second kappa shape index (κ2) is 7.55. The number of carbonyl (C=O) groups is 1. The molecule has 0 aliphatic carbocycles. The van der Waals surface area contributed by atoms with Crippen LogP contribution in [-0.4, -0.2) is 12.2 Å². The van der Waals surface area contributed by atoms with Crippen LogP contribution in [0.1, 0.15) is 15.9 Å². The van der Waals surface area contributed by atoms with E-state index in [9.17, 15) is 4.79 Å². The zero-order valence-corrected chi connectivity index (χ0v) is 16.1. The van der Waals surface area contributed by atoms with E-state index >= 15 is 0 Å². The molecule has 4 nitrogen and oxygen atoms in total. The summed E-state index contributed by atoms with van der Waals surface area (Å²) >= 11 is 7.75. The Labute approximate surface area is 166 Å². The lowest BCUT2D eigenvalue weighted by molar-refractivity contribution is 0.102. The Bertz CT molecular complexity index is 1020. The molecule has 27 heavy (non-hydrogen) atoms. The number of para-hydroxylation sites is 2. The molecule has 136 valence electrons. The molecule has 0 unspecified atom stereocenters. The van der Waals surface area contributed by atoms with Crippen molar-refractivity contribution < 1.29 is 14.3 Å². The number of halogens is 1. The van der Waals surface area contributed by atoms with Gasteiger partial charge in [-0.2, -0.15) is 0 Å². The Kier molecular flexibility index (Phi) is 4.97. The summed E-state index contributed by atoms with van der Waals surface area (Å²) in [5, 5.41) is 3.32. The summed E-state index contributed by atoms with van der Waals surface area (Å²) in [4.78, 5) is 13.6. The molecule has 4 rings (SSSR count). The van der Waals surface area contributed by atoms with E-state index < -0.39 is 0 Å². The number of hydrogen-bond donors (Lipinski definition) is 1. The molecule has 0 fully saturated rings. The predicted octanol–water partition coefficient (Wildman–Crippen LogP) is 6.00. The third kappa shape index (κ3) is 3.75. The fourth-order valence-electron chi connectivity index (χ4n) is 2.80. The number of thioether (sulfide) groups is 1. The molecule has 0 atom stereocenters. The Morgan fingerprint density at radius 2 is 1.85 bits per heavy atom. The van der Waals surface area contributed by atoms with Crippen LogP contribution in [0.2, 0.25) is 5.02 Å². The van der Waals surface area contributed by atoms with Crippen molar-refractivity contribution in [2.75, 3.05) is 11.6 Å². The van der Waals surface area contributed by atoms with Crippen LogP contribution in [0.15, 0.2) is 65.6 Å². The summed E-state index contributed by atoms with van der Waals surface area (Å²) < 4.78 is 11.7. The number of nitrogens with one attached hydrogen (secondary N) is 1. The van der Waals surface area contributed by atoms with E-state index in [0.717, 1.165) is 10.5 Å². The van der Waals surface area contributed by atoms with Crippen molar-refractivity contribution >= 4 is 35.0 Å². The zero-order chi connectivity index (χ0) is 18.8. The number of anilines is 1. The van der Waals surface area contributed by atoms with E-state index in [1.807, 2.05) is 48.7 Å². The van der Waals surface area contributed by atoms with Crippen molar-refractivity contribution in [1.82, 2.24) is 0 Å². The van der Waals surface area contributed by atoms with Gasteiger partial charge in [0.1, 0.15) is 12.4 Å². The molecule has 1 amide bonds. The van der Waals surface area contributed by atoms with Gasteiger partial charge in [0, 0.05) is 16.1 Å². The van der Waals surface area contributed by atoms with Crippen LogP contribution in [0.5, 0.6) is 17.2 Å². The molecule has 0 aromatic heterocycles. The predicted molar refractivity (Wildman–Crippen MR) is 108 cm³/mol. The van der Waals surface area contributed by atoms with E-state index in [4.69, 9.17) is 21.1 Å². The lowest BCUT2D eigenvalue weighted by Crippen LogP contribution is -2.13. The smallest absolute Gasteiger partial charge is 0.257 e. The highest BCUT2D eigenvalue weighted by atomic mass is 35.5. The minimum absolute atomic E-state index is 0.255. The molecule has 0 spiro atoms. The molecule has 0 saturated carbocycles. The van der Waals surface area contributed by atoms with Crippen LogP contribution in [-0.2, 0) is 6.61 Å². The summed E-state index contributed by atoms with van der Waals surface area (Å²) in [6.45, 7) is 0.360. The molecular formula is C21H16ClNO3S. The number of ether oxygens (including phenoxy) is 2. The molecule has 1 aliphatic heterocycles. The quantitative estimate of drug-likeness (QED) is 0.550. The van der Waals surface area contributed by atoms with Crippen molar-refractivity contribution in [3.8, 4) is 17.2 Å². The second-order valence-corrected chi connectivity index (χ2v) is 7.25. The van der Waals surface area contributed by atoms with Gasteiger partial charge < -0.3 is 14.8 Å². The Morgan fingerprint density at radius 3 is 2.67 bits per heavy atom. The molecule has 0 bridgehead atoms. The van der Waals surface area contributed by atoms with Crippen LogP contribution in [0.25, 0.3) is 0 Å². The highest BCUT2D eigenvalue weighted by Crippen LogP contribution is 2.38. The molecule has 1 heterocycles. The van der Waals surface area contributed by atoms with Crippen molar-refractivity contribution in [1.29, 1.82) is 0 Å². The number of amides is 1. The summed E-state index contributed by atoms with van der Waals surface area (Å²) in [7, 11) is 0. The maximum absolute atomic E-state index is 12.7. The topological polar surface area (TPSA) is 47.6 Å². The van der Waals surface area contributed by atoms with Gasteiger partial charge in [-0.25, -0.2) is 0 Å². The van der Waals surface area contributed by atoms with Crippen molar-refractivity contribution in [2.24, 2.45) is 0 Å². The number of benzene rings is 3. The molecular weight excluding hydrogens is 382 g/mol. The van der Waals surface area contributed by atoms with E-state index in [2.05, 4.69) is 5.32 Å². The standard InChI is InChI=1S/C21H16ClNO3S/c1-27-15-7-8-17(22)16(11-15)21(24)23-14-6-9-18-13(10-14)12-25-19-4-2-3-5-20(19)26-18/h2-11H,12H2,1H3,(H,23,24). The van der Waals surface area contributed by atoms with E-state index in [-0.39, 0.29) is 5.91 Å². The lowest BCUT2D eigenvalue weighted by Gasteiger charge is -2.11. The molecule has 0 saturated heterocycles. The van der Waals surface area contributed by atoms with E-state index in [1.165, 1.54) is 0 Å². The van der Waals surface area contributed by atoms with Gasteiger partial charge in [0.2, 0.25) is 0 Å². The van der Waals surface area contributed by atoms with Gasteiger partial charge >= 0.3 is 0 Å². The molecule has 6 heteroatoms. The van der Waals surface area contributed by atoms with Crippen molar-refractivity contribution in [2.45, 2.75) is 11.5 Å². The summed E-state index contributed by atoms with van der Waals surface area (Å²) in [6.07, 6.45) is 1.95. The highest BCUT2D eigenvalue weighted by molar-refractivity contribution is 7.98. The summed E-state index contributed by atoms with van der Waals surface area (Å²) in [5.41, 5.74) is 1.95. The van der Waals surface area contributed by atoms with Crippen molar-refractivity contribution in [3.63, 3.8) is 0 Å². The fourth-order valence-corrected chi connectivity index (χ4v) is 3.44. The van der Waals surface area contributed by atoms with Gasteiger partial charge in [-0.05, 0) is 54.8 Å². The first-order valence-corrected chi connectivity index (χ1v) is 9.92. The third-order valence-corrected chi connectivity index (χ3v) is 5.24. The van der Waals surface area contributed by atoms with Crippen LogP contribution in [0.4, 0.5) is 5.69 Å². The van der Waals surface area contributed by atoms with Gasteiger partial charge in [0.25, 0.3) is 5.91 Å². The summed E-state index contributed by atoms with van der Waals surface area (Å²) in [6, 6.07) is 18.4. The maximum Gasteiger partial charge on any atom is 0.257 e. The summed E-state index contributed by atoms with van der Waals surface area (Å²) in [5.74, 6) is 1.82. The SMILES string of the molecule is CSc1ccc(Cl)c(C(=O)Nc2ccc3c(c2)COc2ccccc2O3)c1. The van der Waals surface area contributed by atoms with Gasteiger partial charge in [-0.1, -0.05) is 23.7 Å². The number of rotatable bonds is 3. The number of carbonyl (C=O) groups excluding carboxylic acids is 1. The molecule has 1 aliphatic rings. The fraction of sp³-hybridized carbons (Fsp3) is 0.0952. The monoisotopic (exact) mass is 397 g/mol. The van der Waals surface area contributed by atoms with Gasteiger partial charge in [0.15, 0.2) is 11.5 Å². The van der Waals surface area contributed by atoms with E-state index in [1.54, 1.807) is 30.0 Å². The second-order valence-electron chi connectivity index (χ2n) is 5.96. The number of fused-ring (bicyclic) bond motifs is 2. The average molecular weight is 398 g/mol. The minimum atomic E-state index is -0.255. The number of hydrogen-bond acceptors (Lipinski definition) is 4. The lowest BCUT2D eigenvalue weighted by atomic mass is 10.1. The normalized spacial score (nSPS) is 12.1. The van der Waals surface area contributed by atoms with Crippen molar-refractivity contribution in [3.05, 3.63) is 76.8 Å². The van der Waals surface area contributed by atoms with Gasteiger partial charge in [-0.15, -0.1) is 11.8 Å². The first-order valence-electron chi connectivity index (χ1n) is 8.31. The molecule has 3 aromatic rings. The Hall–Kier alpha value is -2.63. The first kappa shape index (κ1) is 17.8. The first-order chi connectivity index (χ1) is 13.1. The van der Waals surface area contributed by atoms with Crippen LogP contribution in [0.3, 0.4) is 0 Å². The van der Waals surface area contributed by atoms with Crippen LogP contribution in [0, 0.1) is 0 Å². The van der Waals surface area contributed by atoms with Crippen LogP contribution >= 0.6 is 23.4 Å².